The van der Waals surface area contributed by atoms with E-state index in [0.717, 1.165) is 26.2 Å². The van der Waals surface area contributed by atoms with Crippen molar-refractivity contribution in [1.82, 2.24) is 15.2 Å². The summed E-state index contributed by atoms with van der Waals surface area (Å²) in [5, 5.41) is 3.19. The van der Waals surface area contributed by atoms with E-state index >= 15 is 0 Å². The lowest BCUT2D eigenvalue weighted by Gasteiger charge is -2.27. The highest BCUT2D eigenvalue weighted by Gasteiger charge is 2.18. The van der Waals surface area contributed by atoms with Gasteiger partial charge in [-0.25, -0.2) is 0 Å². The molecule has 0 unspecified atom stereocenters. The molecule has 1 aromatic rings. The van der Waals surface area contributed by atoms with E-state index < -0.39 is 0 Å². The van der Waals surface area contributed by atoms with Gasteiger partial charge < -0.3 is 20.7 Å². The maximum Gasteiger partial charge on any atom is 0.293 e. The molecule has 2 rings (SSSR count). The van der Waals surface area contributed by atoms with Crippen molar-refractivity contribution in [3.05, 3.63) is 24.0 Å². The fraction of sp³-hybridized carbons (Fsp3) is 0.533. The smallest absolute Gasteiger partial charge is 0.293 e. The van der Waals surface area contributed by atoms with Gasteiger partial charge in [-0.3, -0.25) is 14.6 Å². The first kappa shape index (κ1) is 17.9. The molecule has 0 atom stereocenters. The van der Waals surface area contributed by atoms with Crippen LogP contribution in [-0.4, -0.2) is 54.0 Å². The van der Waals surface area contributed by atoms with Gasteiger partial charge >= 0.3 is 0 Å². The molecule has 1 aliphatic rings. The van der Waals surface area contributed by atoms with Crippen LogP contribution in [0.2, 0.25) is 0 Å². The minimum absolute atomic E-state index is 0.0381. The zero-order chi connectivity index (χ0) is 16.6. The van der Waals surface area contributed by atoms with Gasteiger partial charge in [-0.2, -0.15) is 0 Å². The van der Waals surface area contributed by atoms with Crippen molar-refractivity contribution in [2.45, 2.75) is 26.4 Å². The Labute approximate surface area is 130 Å². The molecule has 7 nitrogen and oxygen atoms in total. The molecule has 1 fully saturated rings. The largest absolute Gasteiger partial charge is 0.462 e. The van der Waals surface area contributed by atoms with Gasteiger partial charge in [-0.05, 0) is 32.9 Å². The molecular weight excluding hydrogens is 284 g/mol. The molecule has 0 radical (unpaired) electrons. The number of nitrogens with one attached hydrogen (secondary N) is 1. The van der Waals surface area contributed by atoms with E-state index in [4.69, 9.17) is 5.73 Å². The number of nitrogens with zero attached hydrogens (tertiary/aromatic N) is 2. The summed E-state index contributed by atoms with van der Waals surface area (Å²) in [5.41, 5.74) is 6.29. The maximum absolute atomic E-state index is 11.9. The van der Waals surface area contributed by atoms with E-state index in [1.54, 1.807) is 23.2 Å². The summed E-state index contributed by atoms with van der Waals surface area (Å²) < 4.78 is 4.55. The number of pyridine rings is 1. The summed E-state index contributed by atoms with van der Waals surface area (Å²) in [5.74, 6) is -0.0381. The molecule has 2 heterocycles. The average molecular weight is 308 g/mol. The first-order chi connectivity index (χ1) is 10.3. The second-order valence-corrected chi connectivity index (χ2v) is 5.84. The van der Waals surface area contributed by atoms with Crippen LogP contribution >= 0.6 is 0 Å². The monoisotopic (exact) mass is 308 g/mol. The molecular formula is C15H24N4O3. The number of rotatable bonds is 2. The van der Waals surface area contributed by atoms with Gasteiger partial charge in [0.1, 0.15) is 11.3 Å². The van der Waals surface area contributed by atoms with Gasteiger partial charge in [-0.15, -0.1) is 0 Å². The van der Waals surface area contributed by atoms with Crippen molar-refractivity contribution in [3.63, 3.8) is 0 Å². The Kier molecular flexibility index (Phi) is 6.78. The minimum Gasteiger partial charge on any atom is -0.462 e. The first-order valence-electron chi connectivity index (χ1n) is 7.16. The number of nitrogens with two attached hydrogens (primary N) is 1. The summed E-state index contributed by atoms with van der Waals surface area (Å²) in [6, 6.07) is 3.29. The van der Waals surface area contributed by atoms with Crippen LogP contribution in [0.1, 0.15) is 31.3 Å². The zero-order valence-electron chi connectivity index (χ0n) is 13.3. The molecule has 0 aromatic carbocycles. The van der Waals surface area contributed by atoms with Crippen LogP contribution in [0.3, 0.4) is 0 Å². The van der Waals surface area contributed by atoms with Crippen LogP contribution in [0.25, 0.3) is 0 Å². The summed E-state index contributed by atoms with van der Waals surface area (Å²) in [7, 11) is 0. The number of nitrogen functional groups attached to an aromatic ring is 1. The fourth-order valence-electron chi connectivity index (χ4n) is 1.74. The number of hydrogen-bond donors (Lipinski definition) is 2. The standard InChI is InChI=1S/C10H14N4O.C5H10O2/c11-8-1-2-13-9(7-8)10(15)14-5-3-12-4-6-14;1-5(2,3)7-4-6/h1-2,7,12H,3-6H2,(H2,11,13);4H,1-3H3. The van der Waals surface area contributed by atoms with Crippen molar-refractivity contribution in [3.8, 4) is 0 Å². The topological polar surface area (TPSA) is 97.5 Å². The molecule has 1 aromatic heterocycles. The predicted molar refractivity (Wildman–Crippen MR) is 84.3 cm³/mol. The van der Waals surface area contributed by atoms with Crippen LogP contribution in [0.5, 0.6) is 0 Å². The molecule has 1 amide bonds. The summed E-state index contributed by atoms with van der Waals surface area (Å²) >= 11 is 0. The minimum atomic E-state index is -0.318. The van der Waals surface area contributed by atoms with E-state index in [-0.39, 0.29) is 11.5 Å². The summed E-state index contributed by atoms with van der Waals surface area (Å²) in [4.78, 5) is 27.3. The van der Waals surface area contributed by atoms with E-state index in [0.29, 0.717) is 17.9 Å². The van der Waals surface area contributed by atoms with Gasteiger partial charge in [-0.1, -0.05) is 0 Å². The van der Waals surface area contributed by atoms with Gasteiger partial charge in [0.15, 0.2) is 0 Å². The van der Waals surface area contributed by atoms with Crippen molar-refractivity contribution in [2.75, 3.05) is 31.9 Å². The number of aromatic nitrogens is 1. The number of ether oxygens (including phenoxy) is 1. The van der Waals surface area contributed by atoms with E-state index in [9.17, 15) is 9.59 Å². The number of carbonyl (C=O) groups is 2. The Hall–Kier alpha value is -2.15. The molecule has 7 heteroatoms. The van der Waals surface area contributed by atoms with Gasteiger partial charge in [0.25, 0.3) is 12.4 Å². The third kappa shape index (κ3) is 6.53. The van der Waals surface area contributed by atoms with Crippen LogP contribution < -0.4 is 11.1 Å². The number of amides is 1. The average Bonchev–Trinajstić information content (AvgIpc) is 2.47. The van der Waals surface area contributed by atoms with E-state index in [1.807, 2.05) is 20.8 Å². The summed E-state index contributed by atoms with van der Waals surface area (Å²) in [6.45, 7) is 9.07. The van der Waals surface area contributed by atoms with Crippen LogP contribution in [-0.2, 0) is 9.53 Å². The summed E-state index contributed by atoms with van der Waals surface area (Å²) in [6.07, 6.45) is 1.56. The molecule has 0 aliphatic carbocycles. The number of anilines is 1. The highest BCUT2D eigenvalue weighted by Crippen LogP contribution is 2.07. The number of piperazine rings is 1. The lowest BCUT2D eigenvalue weighted by atomic mass is 10.2. The van der Waals surface area contributed by atoms with Crippen LogP contribution in [0, 0.1) is 0 Å². The molecule has 3 N–H and O–H groups in total. The molecule has 0 spiro atoms. The van der Waals surface area contributed by atoms with E-state index in [2.05, 4.69) is 15.0 Å². The van der Waals surface area contributed by atoms with Crippen molar-refractivity contribution in [1.29, 1.82) is 0 Å². The molecule has 1 aliphatic heterocycles. The molecule has 0 bridgehead atoms. The Balaban J connectivity index is 0.000000295. The molecule has 0 saturated carbocycles. The molecule has 1 saturated heterocycles. The van der Waals surface area contributed by atoms with Crippen molar-refractivity contribution >= 4 is 18.1 Å². The van der Waals surface area contributed by atoms with Crippen LogP contribution in [0.15, 0.2) is 18.3 Å². The van der Waals surface area contributed by atoms with Crippen LogP contribution in [0.4, 0.5) is 5.69 Å². The first-order valence-corrected chi connectivity index (χ1v) is 7.16. The quantitative estimate of drug-likeness (QED) is 0.779. The lowest BCUT2D eigenvalue weighted by Crippen LogP contribution is -2.46. The Morgan fingerprint density at radius 1 is 1.41 bits per heavy atom. The predicted octanol–water partition coefficient (Wildman–Crippen LogP) is 0.667. The fourth-order valence-corrected chi connectivity index (χ4v) is 1.74. The molecule has 122 valence electrons. The van der Waals surface area contributed by atoms with Gasteiger partial charge in [0.05, 0.1) is 0 Å². The normalized spacial score (nSPS) is 14.6. The number of carbonyl (C=O) groups excluding carboxylic acids is 2. The third-order valence-electron chi connectivity index (χ3n) is 2.81. The van der Waals surface area contributed by atoms with Crippen molar-refractivity contribution in [2.24, 2.45) is 0 Å². The second kappa shape index (κ2) is 8.33. The highest BCUT2D eigenvalue weighted by atomic mass is 16.5. The van der Waals surface area contributed by atoms with Crippen molar-refractivity contribution < 1.29 is 14.3 Å². The van der Waals surface area contributed by atoms with E-state index in [1.165, 1.54) is 0 Å². The van der Waals surface area contributed by atoms with Gasteiger partial charge in [0.2, 0.25) is 0 Å². The SMILES string of the molecule is CC(C)(C)OC=O.Nc1ccnc(C(=O)N2CCNCC2)c1. The Morgan fingerprint density at radius 3 is 2.50 bits per heavy atom. The maximum atomic E-state index is 11.9. The Morgan fingerprint density at radius 2 is 2.05 bits per heavy atom. The molecule has 22 heavy (non-hydrogen) atoms. The highest BCUT2D eigenvalue weighted by molar-refractivity contribution is 5.93. The lowest BCUT2D eigenvalue weighted by molar-refractivity contribution is -0.138. The van der Waals surface area contributed by atoms with Gasteiger partial charge in [0, 0.05) is 38.1 Å². The number of hydrogen-bond acceptors (Lipinski definition) is 6. The Bertz CT molecular complexity index is 494. The zero-order valence-corrected chi connectivity index (χ0v) is 13.3. The second-order valence-electron chi connectivity index (χ2n) is 5.84. The third-order valence-corrected chi connectivity index (χ3v) is 2.81.